The molecule has 2 aromatic rings. The van der Waals surface area contributed by atoms with Gasteiger partial charge in [-0.05, 0) is 66.9 Å². The molecule has 0 heterocycles. The molecule has 1 aliphatic rings. The van der Waals surface area contributed by atoms with E-state index in [-0.39, 0.29) is 6.04 Å². The lowest BCUT2D eigenvalue weighted by Crippen LogP contribution is -2.36. The summed E-state index contributed by atoms with van der Waals surface area (Å²) in [5, 5.41) is 3.85. The second-order valence-electron chi connectivity index (χ2n) is 6.05. The van der Waals surface area contributed by atoms with E-state index in [1.165, 1.54) is 11.1 Å². The van der Waals surface area contributed by atoms with Crippen molar-refractivity contribution in [2.24, 2.45) is 0 Å². The first kappa shape index (κ1) is 18.1. The SMILES string of the molecule is CN(C(=S)Nc1ccc(SC(F)F)cc1)[C@@H]1CCCc2ccccc21. The summed E-state index contributed by atoms with van der Waals surface area (Å²) in [6.07, 6.45) is 3.33. The third-order valence-corrected chi connectivity index (χ3v) is 5.57. The van der Waals surface area contributed by atoms with Crippen LogP contribution in [0.3, 0.4) is 0 Å². The number of hydrogen-bond acceptors (Lipinski definition) is 2. The van der Waals surface area contributed by atoms with E-state index in [0.717, 1.165) is 24.9 Å². The van der Waals surface area contributed by atoms with Crippen LogP contribution in [0.5, 0.6) is 0 Å². The first-order valence-electron chi connectivity index (χ1n) is 8.21. The lowest BCUT2D eigenvalue weighted by atomic mass is 9.87. The minimum atomic E-state index is -2.41. The Morgan fingerprint density at radius 2 is 1.92 bits per heavy atom. The number of fused-ring (bicyclic) bond motifs is 1. The number of rotatable bonds is 4. The molecule has 0 fully saturated rings. The average molecular weight is 379 g/mol. The van der Waals surface area contributed by atoms with Gasteiger partial charge in [0.05, 0.1) is 6.04 Å². The van der Waals surface area contributed by atoms with Crippen molar-refractivity contribution < 1.29 is 8.78 Å². The highest BCUT2D eigenvalue weighted by Crippen LogP contribution is 2.34. The van der Waals surface area contributed by atoms with Crippen LogP contribution in [0.4, 0.5) is 14.5 Å². The second kappa shape index (κ2) is 8.15. The molecule has 0 aromatic heterocycles. The van der Waals surface area contributed by atoms with Gasteiger partial charge in [-0.1, -0.05) is 36.0 Å². The summed E-state index contributed by atoms with van der Waals surface area (Å²) >= 11 is 6.10. The number of benzene rings is 2. The van der Waals surface area contributed by atoms with E-state index in [1.54, 1.807) is 24.3 Å². The zero-order valence-corrected chi connectivity index (χ0v) is 15.5. The van der Waals surface area contributed by atoms with Crippen LogP contribution in [0.1, 0.15) is 30.0 Å². The Morgan fingerprint density at radius 1 is 1.20 bits per heavy atom. The second-order valence-corrected chi connectivity index (χ2v) is 7.50. The van der Waals surface area contributed by atoms with Gasteiger partial charge in [0.25, 0.3) is 5.76 Å². The molecular formula is C19H20F2N2S2. The Balaban J connectivity index is 1.67. The molecule has 0 spiro atoms. The number of aryl methyl sites for hydroxylation is 1. The van der Waals surface area contributed by atoms with Crippen molar-refractivity contribution >= 4 is 34.8 Å². The third-order valence-electron chi connectivity index (χ3n) is 4.46. The topological polar surface area (TPSA) is 15.3 Å². The van der Waals surface area contributed by atoms with Gasteiger partial charge in [-0.15, -0.1) is 0 Å². The molecule has 0 amide bonds. The fraction of sp³-hybridized carbons (Fsp3) is 0.316. The quantitative estimate of drug-likeness (QED) is 0.541. The molecule has 0 saturated heterocycles. The molecule has 0 saturated carbocycles. The largest absolute Gasteiger partial charge is 0.345 e. The highest BCUT2D eigenvalue weighted by Gasteiger charge is 2.24. The summed E-state index contributed by atoms with van der Waals surface area (Å²) in [6, 6.07) is 15.7. The van der Waals surface area contributed by atoms with Gasteiger partial charge in [-0.2, -0.15) is 8.78 Å². The van der Waals surface area contributed by atoms with Gasteiger partial charge in [-0.3, -0.25) is 0 Å². The summed E-state index contributed by atoms with van der Waals surface area (Å²) < 4.78 is 24.8. The average Bonchev–Trinajstić information content (AvgIpc) is 2.62. The van der Waals surface area contributed by atoms with Crippen molar-refractivity contribution in [2.45, 2.75) is 36.0 Å². The summed E-state index contributed by atoms with van der Waals surface area (Å²) in [7, 11) is 2.00. The van der Waals surface area contributed by atoms with Crippen LogP contribution in [0.15, 0.2) is 53.4 Å². The summed E-state index contributed by atoms with van der Waals surface area (Å²) in [5.74, 6) is -2.41. The molecule has 2 nitrogen and oxygen atoms in total. The van der Waals surface area contributed by atoms with E-state index in [9.17, 15) is 8.78 Å². The molecule has 1 atom stereocenters. The molecule has 3 rings (SSSR count). The van der Waals surface area contributed by atoms with Crippen molar-refractivity contribution in [3.05, 3.63) is 59.7 Å². The lowest BCUT2D eigenvalue weighted by molar-refractivity contribution is 0.252. The molecule has 0 radical (unpaired) electrons. The number of thiocarbonyl (C=S) groups is 1. The molecule has 1 aliphatic carbocycles. The molecule has 0 bridgehead atoms. The molecule has 25 heavy (non-hydrogen) atoms. The van der Waals surface area contributed by atoms with E-state index in [4.69, 9.17) is 12.2 Å². The van der Waals surface area contributed by atoms with Crippen LogP contribution in [0, 0.1) is 0 Å². The minimum Gasteiger partial charge on any atom is -0.345 e. The van der Waals surface area contributed by atoms with Gasteiger partial charge >= 0.3 is 0 Å². The van der Waals surface area contributed by atoms with Crippen LogP contribution >= 0.6 is 24.0 Å². The zero-order valence-electron chi connectivity index (χ0n) is 13.9. The third kappa shape index (κ3) is 4.50. The maximum absolute atomic E-state index is 12.4. The van der Waals surface area contributed by atoms with Crippen molar-refractivity contribution in [1.82, 2.24) is 4.90 Å². The van der Waals surface area contributed by atoms with Gasteiger partial charge in [0.15, 0.2) is 5.11 Å². The lowest BCUT2D eigenvalue weighted by Gasteiger charge is -2.35. The molecule has 6 heteroatoms. The van der Waals surface area contributed by atoms with Gasteiger partial charge < -0.3 is 10.2 Å². The molecule has 132 valence electrons. The standard InChI is InChI=1S/C19H20F2N2S2/c1-23(17-8-4-6-13-5-2-3-7-16(13)17)19(24)22-14-9-11-15(12-10-14)25-18(20)21/h2-3,5,7,9-12,17-18H,4,6,8H2,1H3,(H,22,24)/t17-/m1/s1. The van der Waals surface area contributed by atoms with Gasteiger partial charge in [0, 0.05) is 17.6 Å². The Bertz CT molecular complexity index is 734. The number of alkyl halides is 2. The highest BCUT2D eigenvalue weighted by atomic mass is 32.2. The molecule has 0 aliphatic heterocycles. The maximum Gasteiger partial charge on any atom is 0.288 e. The predicted octanol–water partition coefficient (Wildman–Crippen LogP) is 5.71. The summed E-state index contributed by atoms with van der Waals surface area (Å²) in [6.45, 7) is 0. The van der Waals surface area contributed by atoms with Crippen LogP contribution < -0.4 is 5.32 Å². The highest BCUT2D eigenvalue weighted by molar-refractivity contribution is 7.99. The fourth-order valence-corrected chi connectivity index (χ4v) is 3.95. The van der Waals surface area contributed by atoms with E-state index in [0.29, 0.717) is 21.8 Å². The van der Waals surface area contributed by atoms with E-state index in [1.807, 2.05) is 7.05 Å². The van der Waals surface area contributed by atoms with Crippen LogP contribution in [-0.2, 0) is 6.42 Å². The van der Waals surface area contributed by atoms with Crippen LogP contribution in [0.2, 0.25) is 0 Å². The molecule has 0 unspecified atom stereocenters. The number of nitrogens with one attached hydrogen (secondary N) is 1. The first-order chi connectivity index (χ1) is 12.0. The normalized spacial score (nSPS) is 16.4. The molecule has 1 N–H and O–H groups in total. The first-order valence-corrected chi connectivity index (χ1v) is 9.50. The number of halogens is 2. The summed E-state index contributed by atoms with van der Waals surface area (Å²) in [4.78, 5) is 2.64. The number of anilines is 1. The molecule has 2 aromatic carbocycles. The van der Waals surface area contributed by atoms with E-state index < -0.39 is 5.76 Å². The number of hydrogen-bond donors (Lipinski definition) is 1. The van der Waals surface area contributed by atoms with Crippen LogP contribution in [0.25, 0.3) is 0 Å². The van der Waals surface area contributed by atoms with Gasteiger partial charge in [0.2, 0.25) is 0 Å². The zero-order chi connectivity index (χ0) is 17.8. The van der Waals surface area contributed by atoms with Crippen LogP contribution in [-0.4, -0.2) is 22.8 Å². The van der Waals surface area contributed by atoms with Crippen molar-refractivity contribution in [3.8, 4) is 0 Å². The monoisotopic (exact) mass is 378 g/mol. The van der Waals surface area contributed by atoms with E-state index in [2.05, 4.69) is 34.5 Å². The molecular weight excluding hydrogens is 358 g/mol. The minimum absolute atomic E-state index is 0.263. The predicted molar refractivity (Wildman–Crippen MR) is 104 cm³/mol. The maximum atomic E-state index is 12.4. The van der Waals surface area contributed by atoms with Gasteiger partial charge in [0.1, 0.15) is 0 Å². The van der Waals surface area contributed by atoms with E-state index >= 15 is 0 Å². The smallest absolute Gasteiger partial charge is 0.288 e. The van der Waals surface area contributed by atoms with Gasteiger partial charge in [-0.25, -0.2) is 0 Å². The number of nitrogens with zero attached hydrogens (tertiary/aromatic N) is 1. The Kier molecular flexibility index (Phi) is 5.91. The van der Waals surface area contributed by atoms with Crippen molar-refractivity contribution in [1.29, 1.82) is 0 Å². The number of thioether (sulfide) groups is 1. The summed E-state index contributed by atoms with van der Waals surface area (Å²) in [5.41, 5.74) is 3.53. The van der Waals surface area contributed by atoms with Crippen molar-refractivity contribution in [3.63, 3.8) is 0 Å². The Morgan fingerprint density at radius 3 is 2.64 bits per heavy atom. The Hall–Kier alpha value is -1.66. The Labute approximate surface area is 156 Å². The fourth-order valence-electron chi connectivity index (χ4n) is 3.20. The van der Waals surface area contributed by atoms with Crippen molar-refractivity contribution in [2.75, 3.05) is 12.4 Å².